The second-order valence-corrected chi connectivity index (χ2v) is 5.81. The molecule has 3 heteroatoms. The summed E-state index contributed by atoms with van der Waals surface area (Å²) in [7, 11) is 2.20. The van der Waals surface area contributed by atoms with Crippen molar-refractivity contribution in [2.45, 2.75) is 56.5 Å². The van der Waals surface area contributed by atoms with Crippen molar-refractivity contribution in [2.75, 3.05) is 26.7 Å². The molecule has 94 valence electrons. The van der Waals surface area contributed by atoms with Crippen LogP contribution in [-0.4, -0.2) is 43.2 Å². The highest BCUT2D eigenvalue weighted by atomic mass is 15.2. The van der Waals surface area contributed by atoms with E-state index in [-0.39, 0.29) is 5.54 Å². The van der Waals surface area contributed by atoms with E-state index in [1.54, 1.807) is 0 Å². The number of nitrogens with zero attached hydrogens (tertiary/aromatic N) is 1. The van der Waals surface area contributed by atoms with Crippen molar-refractivity contribution >= 4 is 0 Å². The lowest BCUT2D eigenvalue weighted by atomic mass is 9.95. The number of rotatable bonds is 3. The number of nitrogens with one attached hydrogen (secondary N) is 1. The quantitative estimate of drug-likeness (QED) is 0.712. The fourth-order valence-corrected chi connectivity index (χ4v) is 3.28. The Bertz CT molecular complexity index is 211. The molecule has 2 aliphatic rings. The number of hydrogen-bond acceptors (Lipinski definition) is 3. The SMILES string of the molecule is CN1CCC(CN)(NC2CCCCCC2)C1. The Labute approximate surface area is 99.8 Å². The predicted molar refractivity (Wildman–Crippen MR) is 68.5 cm³/mol. The first-order valence-electron chi connectivity index (χ1n) is 6.90. The summed E-state index contributed by atoms with van der Waals surface area (Å²) in [5.41, 5.74) is 6.21. The summed E-state index contributed by atoms with van der Waals surface area (Å²) in [4.78, 5) is 2.40. The van der Waals surface area contributed by atoms with Crippen LogP contribution < -0.4 is 11.1 Å². The van der Waals surface area contributed by atoms with Gasteiger partial charge in [-0.2, -0.15) is 0 Å². The molecule has 2 rings (SSSR count). The van der Waals surface area contributed by atoms with E-state index in [4.69, 9.17) is 5.73 Å². The van der Waals surface area contributed by atoms with Gasteiger partial charge < -0.3 is 16.0 Å². The monoisotopic (exact) mass is 225 g/mol. The molecule has 1 saturated heterocycles. The first-order chi connectivity index (χ1) is 7.74. The summed E-state index contributed by atoms with van der Waals surface area (Å²) in [6.07, 6.45) is 9.57. The molecule has 3 nitrogen and oxygen atoms in total. The lowest BCUT2D eigenvalue weighted by Gasteiger charge is -2.33. The van der Waals surface area contributed by atoms with Crippen molar-refractivity contribution in [3.05, 3.63) is 0 Å². The zero-order chi connectivity index (χ0) is 11.4. The zero-order valence-electron chi connectivity index (χ0n) is 10.7. The molecule has 0 aromatic heterocycles. The Hall–Kier alpha value is -0.120. The van der Waals surface area contributed by atoms with Crippen molar-refractivity contribution in [1.29, 1.82) is 0 Å². The van der Waals surface area contributed by atoms with E-state index in [0.717, 1.165) is 19.1 Å². The summed E-state index contributed by atoms with van der Waals surface area (Å²) in [5, 5.41) is 3.88. The van der Waals surface area contributed by atoms with Gasteiger partial charge in [0.05, 0.1) is 0 Å². The van der Waals surface area contributed by atoms with Gasteiger partial charge in [0.2, 0.25) is 0 Å². The number of hydrogen-bond donors (Lipinski definition) is 2. The van der Waals surface area contributed by atoms with E-state index < -0.39 is 0 Å². The molecular formula is C13H27N3. The van der Waals surface area contributed by atoms with Gasteiger partial charge in [0.25, 0.3) is 0 Å². The van der Waals surface area contributed by atoms with E-state index in [9.17, 15) is 0 Å². The largest absolute Gasteiger partial charge is 0.329 e. The second-order valence-electron chi connectivity index (χ2n) is 5.81. The van der Waals surface area contributed by atoms with Crippen molar-refractivity contribution < 1.29 is 0 Å². The van der Waals surface area contributed by atoms with Gasteiger partial charge in [0, 0.05) is 24.7 Å². The average Bonchev–Trinajstić information content (AvgIpc) is 2.51. The molecule has 0 aromatic carbocycles. The minimum atomic E-state index is 0.212. The second kappa shape index (κ2) is 5.48. The Morgan fingerprint density at radius 1 is 1.25 bits per heavy atom. The normalized spacial score (nSPS) is 34.1. The highest BCUT2D eigenvalue weighted by Gasteiger charge is 2.36. The first-order valence-corrected chi connectivity index (χ1v) is 6.90. The molecule has 0 aromatic rings. The molecule has 1 saturated carbocycles. The maximum atomic E-state index is 6.00. The van der Waals surface area contributed by atoms with E-state index in [2.05, 4.69) is 17.3 Å². The van der Waals surface area contributed by atoms with Gasteiger partial charge in [-0.15, -0.1) is 0 Å². The lowest BCUT2D eigenvalue weighted by molar-refractivity contribution is 0.271. The Morgan fingerprint density at radius 2 is 1.94 bits per heavy atom. The average molecular weight is 225 g/mol. The van der Waals surface area contributed by atoms with Crippen molar-refractivity contribution in [3.63, 3.8) is 0 Å². The molecule has 0 radical (unpaired) electrons. The molecule has 16 heavy (non-hydrogen) atoms. The van der Waals surface area contributed by atoms with Gasteiger partial charge in [0.1, 0.15) is 0 Å². The molecule has 1 heterocycles. The van der Waals surface area contributed by atoms with Crippen molar-refractivity contribution in [3.8, 4) is 0 Å². The maximum Gasteiger partial charge on any atom is 0.0446 e. The number of likely N-dealkylation sites (tertiary alicyclic amines) is 1. The van der Waals surface area contributed by atoms with Crippen LogP contribution in [0.5, 0.6) is 0 Å². The van der Waals surface area contributed by atoms with Crippen LogP contribution in [0.2, 0.25) is 0 Å². The van der Waals surface area contributed by atoms with Crippen LogP contribution in [0, 0.1) is 0 Å². The van der Waals surface area contributed by atoms with Gasteiger partial charge in [-0.25, -0.2) is 0 Å². The first kappa shape index (κ1) is 12.3. The number of nitrogens with two attached hydrogens (primary N) is 1. The summed E-state index contributed by atoms with van der Waals surface area (Å²) in [6, 6.07) is 0.720. The standard InChI is InChI=1S/C13H27N3/c1-16-9-8-13(10-14,11-16)15-12-6-4-2-3-5-7-12/h12,15H,2-11,14H2,1H3. The molecule has 0 spiro atoms. The van der Waals surface area contributed by atoms with Crippen LogP contribution >= 0.6 is 0 Å². The fraction of sp³-hybridized carbons (Fsp3) is 1.00. The van der Waals surface area contributed by atoms with Gasteiger partial charge in [-0.05, 0) is 32.9 Å². The van der Waals surface area contributed by atoms with Crippen LogP contribution in [0.4, 0.5) is 0 Å². The van der Waals surface area contributed by atoms with Gasteiger partial charge in [0.15, 0.2) is 0 Å². The van der Waals surface area contributed by atoms with Crippen LogP contribution in [0.1, 0.15) is 44.9 Å². The summed E-state index contributed by atoms with van der Waals surface area (Å²) < 4.78 is 0. The summed E-state index contributed by atoms with van der Waals surface area (Å²) >= 11 is 0. The topological polar surface area (TPSA) is 41.3 Å². The molecule has 1 aliphatic heterocycles. The molecule has 0 amide bonds. The Morgan fingerprint density at radius 3 is 2.44 bits per heavy atom. The molecular weight excluding hydrogens is 198 g/mol. The maximum absolute atomic E-state index is 6.00. The third-order valence-electron chi connectivity index (χ3n) is 4.30. The third-order valence-corrected chi connectivity index (χ3v) is 4.30. The molecule has 3 N–H and O–H groups in total. The molecule has 1 aliphatic carbocycles. The van der Waals surface area contributed by atoms with Gasteiger partial charge in [-0.3, -0.25) is 0 Å². The molecule has 2 fully saturated rings. The van der Waals surface area contributed by atoms with Gasteiger partial charge in [-0.1, -0.05) is 25.7 Å². The molecule has 1 atom stereocenters. The van der Waals surface area contributed by atoms with E-state index in [0.29, 0.717) is 0 Å². The fourth-order valence-electron chi connectivity index (χ4n) is 3.28. The van der Waals surface area contributed by atoms with E-state index in [1.165, 1.54) is 51.5 Å². The van der Waals surface area contributed by atoms with Crippen LogP contribution in [-0.2, 0) is 0 Å². The van der Waals surface area contributed by atoms with Crippen molar-refractivity contribution in [1.82, 2.24) is 10.2 Å². The highest BCUT2D eigenvalue weighted by molar-refractivity contribution is 4.99. The minimum Gasteiger partial charge on any atom is -0.329 e. The number of likely N-dealkylation sites (N-methyl/N-ethyl adjacent to an activating group) is 1. The van der Waals surface area contributed by atoms with Crippen LogP contribution in [0.3, 0.4) is 0 Å². The van der Waals surface area contributed by atoms with Gasteiger partial charge >= 0.3 is 0 Å². The Kier molecular flexibility index (Phi) is 4.22. The van der Waals surface area contributed by atoms with E-state index in [1.807, 2.05) is 0 Å². The van der Waals surface area contributed by atoms with Crippen molar-refractivity contribution in [2.24, 2.45) is 5.73 Å². The smallest absolute Gasteiger partial charge is 0.0446 e. The summed E-state index contributed by atoms with van der Waals surface area (Å²) in [6.45, 7) is 3.10. The highest BCUT2D eigenvalue weighted by Crippen LogP contribution is 2.24. The Balaban J connectivity index is 1.90. The van der Waals surface area contributed by atoms with Crippen LogP contribution in [0.15, 0.2) is 0 Å². The predicted octanol–water partition coefficient (Wildman–Crippen LogP) is 1.33. The molecule has 0 bridgehead atoms. The zero-order valence-corrected chi connectivity index (χ0v) is 10.7. The minimum absolute atomic E-state index is 0.212. The lowest BCUT2D eigenvalue weighted by Crippen LogP contribution is -2.56. The van der Waals surface area contributed by atoms with E-state index >= 15 is 0 Å². The summed E-state index contributed by atoms with van der Waals surface area (Å²) in [5.74, 6) is 0. The third kappa shape index (κ3) is 2.96. The molecule has 1 unspecified atom stereocenters. The van der Waals surface area contributed by atoms with Crippen LogP contribution in [0.25, 0.3) is 0 Å².